The van der Waals surface area contributed by atoms with Gasteiger partial charge in [0.2, 0.25) is 0 Å². The van der Waals surface area contributed by atoms with Crippen LogP contribution in [0.15, 0.2) is 18.2 Å². The van der Waals surface area contributed by atoms with Crippen LogP contribution < -0.4 is 0 Å². The fourth-order valence-electron chi connectivity index (χ4n) is 1.90. The lowest BCUT2D eigenvalue weighted by molar-refractivity contribution is 0.112. The maximum absolute atomic E-state index is 11.0. The molecule has 0 saturated carbocycles. The molecule has 15 heavy (non-hydrogen) atoms. The molecule has 0 fully saturated rings. The van der Waals surface area contributed by atoms with Gasteiger partial charge in [-0.05, 0) is 38.0 Å². The zero-order valence-electron chi connectivity index (χ0n) is 9.16. The monoisotopic (exact) mass is 199 g/mol. The van der Waals surface area contributed by atoms with Gasteiger partial charge in [-0.2, -0.15) is 0 Å². The third-order valence-electron chi connectivity index (χ3n) is 2.66. The Labute approximate surface area is 89.0 Å². The first-order valence-electron chi connectivity index (χ1n) is 4.96. The molecular weight excluding hydrogens is 186 g/mol. The van der Waals surface area contributed by atoms with Crippen molar-refractivity contribution in [1.29, 1.82) is 0 Å². The number of aromatic nitrogens is 1. The van der Waals surface area contributed by atoms with Crippen LogP contribution >= 0.6 is 0 Å². The summed E-state index contributed by atoms with van der Waals surface area (Å²) in [5, 5.41) is 0.982. The van der Waals surface area contributed by atoms with E-state index in [0.717, 1.165) is 39.6 Å². The van der Waals surface area contributed by atoms with Crippen LogP contribution in [0.25, 0.3) is 10.9 Å². The van der Waals surface area contributed by atoms with Gasteiger partial charge in [-0.3, -0.25) is 9.78 Å². The summed E-state index contributed by atoms with van der Waals surface area (Å²) in [7, 11) is 0. The quantitative estimate of drug-likeness (QED) is 0.661. The smallest absolute Gasteiger partial charge is 0.150 e. The van der Waals surface area contributed by atoms with E-state index in [-0.39, 0.29) is 0 Å². The third-order valence-corrected chi connectivity index (χ3v) is 2.66. The lowest BCUT2D eigenvalue weighted by Gasteiger charge is -2.08. The average Bonchev–Trinajstić information content (AvgIpc) is 2.22. The SMILES string of the molecule is Cc1cc(C=O)c2c(C)ccc(C)c2n1. The summed E-state index contributed by atoms with van der Waals surface area (Å²) >= 11 is 0. The molecule has 0 unspecified atom stereocenters. The molecule has 0 bridgehead atoms. The Hall–Kier alpha value is -1.70. The maximum Gasteiger partial charge on any atom is 0.150 e. The fraction of sp³-hybridized carbons (Fsp3) is 0.231. The third kappa shape index (κ3) is 1.52. The van der Waals surface area contributed by atoms with Crippen LogP contribution in [-0.4, -0.2) is 11.3 Å². The number of hydrogen-bond acceptors (Lipinski definition) is 2. The summed E-state index contributed by atoms with van der Waals surface area (Å²) in [6.45, 7) is 5.93. The molecule has 0 aliphatic heterocycles. The Morgan fingerprint density at radius 1 is 1.13 bits per heavy atom. The van der Waals surface area contributed by atoms with E-state index in [1.165, 1.54) is 0 Å². The highest BCUT2D eigenvalue weighted by Crippen LogP contribution is 2.23. The van der Waals surface area contributed by atoms with Crippen LogP contribution in [0.3, 0.4) is 0 Å². The molecule has 1 aromatic carbocycles. The Morgan fingerprint density at radius 3 is 2.47 bits per heavy atom. The molecule has 0 spiro atoms. The molecule has 2 aromatic rings. The van der Waals surface area contributed by atoms with Gasteiger partial charge < -0.3 is 0 Å². The number of fused-ring (bicyclic) bond motifs is 1. The number of aryl methyl sites for hydroxylation is 3. The number of nitrogens with zero attached hydrogens (tertiary/aromatic N) is 1. The number of aldehydes is 1. The summed E-state index contributed by atoms with van der Waals surface area (Å²) in [4.78, 5) is 15.5. The van der Waals surface area contributed by atoms with Gasteiger partial charge in [-0.1, -0.05) is 12.1 Å². The van der Waals surface area contributed by atoms with Gasteiger partial charge in [-0.15, -0.1) is 0 Å². The minimum absolute atomic E-state index is 0.735. The first-order chi connectivity index (χ1) is 7.13. The second kappa shape index (κ2) is 3.46. The standard InChI is InChI=1S/C13H13NO/c1-8-4-5-9(2)13-12(8)11(7-15)6-10(3)14-13/h4-7H,1-3H3. The minimum Gasteiger partial charge on any atom is -0.298 e. The van der Waals surface area contributed by atoms with Crippen molar-refractivity contribution in [1.82, 2.24) is 4.98 Å². The van der Waals surface area contributed by atoms with Crippen LogP contribution in [0.4, 0.5) is 0 Å². The van der Waals surface area contributed by atoms with Crippen LogP contribution in [0, 0.1) is 20.8 Å². The Morgan fingerprint density at radius 2 is 1.80 bits per heavy atom. The van der Waals surface area contributed by atoms with Gasteiger partial charge in [0.1, 0.15) is 0 Å². The van der Waals surface area contributed by atoms with Crippen LogP contribution in [0.1, 0.15) is 27.2 Å². The van der Waals surface area contributed by atoms with Crippen molar-refractivity contribution in [3.63, 3.8) is 0 Å². The Bertz CT molecular complexity index is 544. The zero-order chi connectivity index (χ0) is 11.0. The van der Waals surface area contributed by atoms with Crippen molar-refractivity contribution >= 4 is 17.2 Å². The largest absolute Gasteiger partial charge is 0.298 e. The Kier molecular flexibility index (Phi) is 2.27. The lowest BCUT2D eigenvalue weighted by Crippen LogP contribution is -1.94. The number of carbonyl (C=O) groups excluding carboxylic acids is 1. The minimum atomic E-state index is 0.735. The molecule has 1 aromatic heterocycles. The lowest BCUT2D eigenvalue weighted by atomic mass is 10.0. The molecule has 0 amide bonds. The van der Waals surface area contributed by atoms with Crippen molar-refractivity contribution in [2.24, 2.45) is 0 Å². The van der Waals surface area contributed by atoms with Gasteiger partial charge in [0.15, 0.2) is 6.29 Å². The summed E-state index contributed by atoms with van der Waals surface area (Å²) in [6, 6.07) is 5.90. The zero-order valence-corrected chi connectivity index (χ0v) is 9.16. The van der Waals surface area contributed by atoms with Gasteiger partial charge in [0.25, 0.3) is 0 Å². The number of benzene rings is 1. The van der Waals surface area contributed by atoms with Gasteiger partial charge in [0, 0.05) is 16.6 Å². The highest BCUT2D eigenvalue weighted by molar-refractivity contribution is 5.99. The number of hydrogen-bond donors (Lipinski definition) is 0. The molecule has 2 heteroatoms. The summed E-state index contributed by atoms with van der Waals surface area (Å²) in [5.74, 6) is 0. The molecule has 2 nitrogen and oxygen atoms in total. The predicted octanol–water partition coefficient (Wildman–Crippen LogP) is 2.97. The topological polar surface area (TPSA) is 30.0 Å². The van der Waals surface area contributed by atoms with Crippen molar-refractivity contribution in [3.05, 3.63) is 40.6 Å². The second-order valence-electron chi connectivity index (χ2n) is 3.89. The van der Waals surface area contributed by atoms with E-state index in [2.05, 4.69) is 4.98 Å². The molecule has 0 aliphatic carbocycles. The maximum atomic E-state index is 11.0. The van der Waals surface area contributed by atoms with E-state index in [9.17, 15) is 4.79 Å². The molecular formula is C13H13NO. The Balaban J connectivity index is 3.01. The molecule has 0 aliphatic rings. The van der Waals surface area contributed by atoms with Crippen molar-refractivity contribution in [2.75, 3.05) is 0 Å². The van der Waals surface area contributed by atoms with E-state index in [1.54, 1.807) is 0 Å². The molecule has 0 radical (unpaired) electrons. The summed E-state index contributed by atoms with van der Waals surface area (Å²) in [6.07, 6.45) is 0.906. The normalized spacial score (nSPS) is 10.6. The van der Waals surface area contributed by atoms with E-state index in [0.29, 0.717) is 0 Å². The highest BCUT2D eigenvalue weighted by atomic mass is 16.1. The second-order valence-corrected chi connectivity index (χ2v) is 3.89. The molecule has 2 rings (SSSR count). The number of carbonyl (C=O) groups is 1. The van der Waals surface area contributed by atoms with E-state index in [4.69, 9.17) is 0 Å². The van der Waals surface area contributed by atoms with E-state index < -0.39 is 0 Å². The molecule has 0 saturated heterocycles. The molecule has 0 N–H and O–H groups in total. The number of rotatable bonds is 1. The van der Waals surface area contributed by atoms with Gasteiger partial charge in [-0.25, -0.2) is 0 Å². The molecule has 0 atom stereocenters. The summed E-state index contributed by atoms with van der Waals surface area (Å²) in [5.41, 5.74) is 4.78. The average molecular weight is 199 g/mol. The summed E-state index contributed by atoms with van der Waals surface area (Å²) < 4.78 is 0. The van der Waals surface area contributed by atoms with Crippen molar-refractivity contribution in [2.45, 2.75) is 20.8 Å². The van der Waals surface area contributed by atoms with Crippen LogP contribution in [-0.2, 0) is 0 Å². The van der Waals surface area contributed by atoms with Crippen molar-refractivity contribution < 1.29 is 4.79 Å². The number of pyridine rings is 1. The first kappa shape index (κ1) is 9.84. The van der Waals surface area contributed by atoms with Gasteiger partial charge in [0.05, 0.1) is 5.52 Å². The van der Waals surface area contributed by atoms with E-state index in [1.807, 2.05) is 39.0 Å². The van der Waals surface area contributed by atoms with Crippen molar-refractivity contribution in [3.8, 4) is 0 Å². The van der Waals surface area contributed by atoms with Gasteiger partial charge >= 0.3 is 0 Å². The fourth-order valence-corrected chi connectivity index (χ4v) is 1.90. The van der Waals surface area contributed by atoms with Crippen LogP contribution in [0.2, 0.25) is 0 Å². The molecule has 1 heterocycles. The predicted molar refractivity (Wildman–Crippen MR) is 61.3 cm³/mol. The highest BCUT2D eigenvalue weighted by Gasteiger charge is 2.07. The van der Waals surface area contributed by atoms with E-state index >= 15 is 0 Å². The van der Waals surface area contributed by atoms with Crippen LogP contribution in [0.5, 0.6) is 0 Å². The first-order valence-corrected chi connectivity index (χ1v) is 4.96. The molecule has 76 valence electrons.